The summed E-state index contributed by atoms with van der Waals surface area (Å²) in [4.78, 5) is 31.3. The molecule has 0 aliphatic carbocycles. The molecule has 23 heavy (non-hydrogen) atoms. The van der Waals surface area contributed by atoms with Gasteiger partial charge in [-0.05, 0) is 35.9 Å². The Morgan fingerprint density at radius 2 is 2.26 bits per heavy atom. The highest BCUT2D eigenvalue weighted by molar-refractivity contribution is 7.12. The second-order valence-corrected chi connectivity index (χ2v) is 6.59. The van der Waals surface area contributed by atoms with Gasteiger partial charge in [-0.1, -0.05) is 12.1 Å². The fraction of sp³-hybridized carbons (Fsp3) is 0.353. The fourth-order valence-corrected chi connectivity index (χ4v) is 3.46. The van der Waals surface area contributed by atoms with E-state index in [9.17, 15) is 9.59 Å². The quantitative estimate of drug-likeness (QED) is 0.936. The van der Waals surface area contributed by atoms with E-state index in [0.29, 0.717) is 13.1 Å². The minimum absolute atomic E-state index is 0.0116. The van der Waals surface area contributed by atoms with Crippen LogP contribution in [0.1, 0.15) is 28.1 Å². The monoisotopic (exact) mass is 329 g/mol. The smallest absolute Gasteiger partial charge is 0.263 e. The van der Waals surface area contributed by atoms with Crippen LogP contribution >= 0.6 is 11.3 Å². The van der Waals surface area contributed by atoms with Crippen molar-refractivity contribution in [3.63, 3.8) is 0 Å². The van der Waals surface area contributed by atoms with Gasteiger partial charge in [-0.15, -0.1) is 11.3 Å². The van der Waals surface area contributed by atoms with Crippen LogP contribution in [0.5, 0.6) is 0 Å². The highest BCUT2D eigenvalue weighted by Gasteiger charge is 2.29. The topological polar surface area (TPSA) is 62.3 Å². The summed E-state index contributed by atoms with van der Waals surface area (Å²) < 4.78 is 0. The normalized spacial score (nSPS) is 17.7. The summed E-state index contributed by atoms with van der Waals surface area (Å²) in [7, 11) is 0. The van der Waals surface area contributed by atoms with Crippen LogP contribution in [0.2, 0.25) is 0 Å². The molecule has 1 saturated heterocycles. The molecule has 1 fully saturated rings. The predicted octanol–water partition coefficient (Wildman–Crippen LogP) is 2.31. The summed E-state index contributed by atoms with van der Waals surface area (Å²) in [6.45, 7) is 1.70. The van der Waals surface area contributed by atoms with E-state index in [0.717, 1.165) is 29.8 Å². The third-order valence-electron chi connectivity index (χ3n) is 4.00. The molecular weight excluding hydrogens is 310 g/mol. The molecule has 1 aliphatic heterocycles. The molecule has 0 unspecified atom stereocenters. The first-order valence-corrected chi connectivity index (χ1v) is 8.61. The minimum Gasteiger partial charge on any atom is -0.352 e. The number of likely N-dealkylation sites (tertiary alicyclic amines) is 1. The predicted molar refractivity (Wildman–Crippen MR) is 89.0 cm³/mol. The van der Waals surface area contributed by atoms with Crippen molar-refractivity contribution in [1.82, 2.24) is 15.2 Å². The molecule has 1 atom stereocenters. The van der Waals surface area contributed by atoms with Gasteiger partial charge in [-0.3, -0.25) is 14.6 Å². The van der Waals surface area contributed by atoms with Crippen LogP contribution in [0.3, 0.4) is 0 Å². The average Bonchev–Trinajstić information content (AvgIpc) is 3.14. The lowest BCUT2D eigenvalue weighted by Gasteiger charge is -2.31. The third-order valence-corrected chi connectivity index (χ3v) is 4.86. The van der Waals surface area contributed by atoms with Crippen molar-refractivity contribution in [2.45, 2.75) is 19.4 Å². The Morgan fingerprint density at radius 1 is 1.35 bits per heavy atom. The molecule has 0 saturated carbocycles. The van der Waals surface area contributed by atoms with Crippen molar-refractivity contribution in [2.24, 2.45) is 5.92 Å². The van der Waals surface area contributed by atoms with Crippen molar-refractivity contribution in [2.75, 3.05) is 13.1 Å². The van der Waals surface area contributed by atoms with Gasteiger partial charge in [-0.2, -0.15) is 0 Å². The molecule has 0 radical (unpaired) electrons. The van der Waals surface area contributed by atoms with Gasteiger partial charge in [0.25, 0.3) is 5.91 Å². The maximum atomic E-state index is 12.4. The number of thiophene rings is 1. The molecule has 120 valence electrons. The number of aromatic nitrogens is 1. The molecule has 0 spiro atoms. The van der Waals surface area contributed by atoms with Gasteiger partial charge >= 0.3 is 0 Å². The second kappa shape index (κ2) is 7.37. The van der Waals surface area contributed by atoms with Crippen LogP contribution in [-0.2, 0) is 11.3 Å². The van der Waals surface area contributed by atoms with E-state index in [1.165, 1.54) is 11.3 Å². The number of pyridine rings is 1. The first-order chi connectivity index (χ1) is 11.2. The first kappa shape index (κ1) is 15.7. The van der Waals surface area contributed by atoms with E-state index in [-0.39, 0.29) is 17.7 Å². The average molecular weight is 329 g/mol. The van der Waals surface area contributed by atoms with E-state index < -0.39 is 0 Å². The molecule has 2 aromatic rings. The summed E-state index contributed by atoms with van der Waals surface area (Å²) in [5.74, 6) is -0.0911. The van der Waals surface area contributed by atoms with Gasteiger partial charge in [0.2, 0.25) is 5.91 Å². The van der Waals surface area contributed by atoms with E-state index in [1.54, 1.807) is 17.3 Å². The van der Waals surface area contributed by atoms with Crippen LogP contribution in [0.15, 0.2) is 42.0 Å². The van der Waals surface area contributed by atoms with Crippen molar-refractivity contribution in [3.8, 4) is 0 Å². The molecule has 1 aliphatic rings. The number of hydrogen-bond acceptors (Lipinski definition) is 4. The molecule has 6 heteroatoms. The Labute approximate surface area is 139 Å². The summed E-state index contributed by atoms with van der Waals surface area (Å²) in [5.41, 5.74) is 0.975. The maximum Gasteiger partial charge on any atom is 0.263 e. The number of hydrogen-bond donors (Lipinski definition) is 1. The van der Waals surface area contributed by atoms with Crippen LogP contribution in [0.25, 0.3) is 0 Å². The number of carbonyl (C=O) groups is 2. The van der Waals surface area contributed by atoms with Gasteiger partial charge < -0.3 is 10.2 Å². The Hall–Kier alpha value is -2.21. The Kier molecular flexibility index (Phi) is 5.02. The lowest BCUT2D eigenvalue weighted by Crippen LogP contribution is -2.45. The zero-order valence-corrected chi connectivity index (χ0v) is 13.6. The van der Waals surface area contributed by atoms with Gasteiger partial charge in [0.15, 0.2) is 0 Å². The van der Waals surface area contributed by atoms with E-state index in [2.05, 4.69) is 10.3 Å². The molecule has 3 heterocycles. The van der Waals surface area contributed by atoms with Crippen molar-refractivity contribution in [3.05, 3.63) is 52.5 Å². The van der Waals surface area contributed by atoms with Crippen LogP contribution < -0.4 is 5.32 Å². The van der Waals surface area contributed by atoms with Gasteiger partial charge in [0.1, 0.15) is 0 Å². The number of carbonyl (C=O) groups excluding carboxylic acids is 2. The molecule has 2 amide bonds. The van der Waals surface area contributed by atoms with E-state index in [4.69, 9.17) is 0 Å². The lowest BCUT2D eigenvalue weighted by molar-refractivity contribution is -0.126. The molecule has 0 bridgehead atoms. The largest absolute Gasteiger partial charge is 0.352 e. The standard InChI is InChI=1S/C17H19N3O2S/c21-16(19-11-13-4-1-7-18-10-13)14-5-2-8-20(12-14)17(22)15-6-3-9-23-15/h1,3-4,6-7,9-10,14H,2,5,8,11-12H2,(H,19,21)/t14-/m0/s1. The van der Waals surface area contributed by atoms with Crippen LogP contribution in [0.4, 0.5) is 0 Å². The molecule has 3 rings (SSSR count). The molecule has 1 N–H and O–H groups in total. The molecule has 5 nitrogen and oxygen atoms in total. The lowest BCUT2D eigenvalue weighted by atomic mass is 9.97. The minimum atomic E-state index is -0.135. The fourth-order valence-electron chi connectivity index (χ4n) is 2.77. The van der Waals surface area contributed by atoms with Crippen molar-refractivity contribution in [1.29, 1.82) is 0 Å². The summed E-state index contributed by atoms with van der Waals surface area (Å²) in [6.07, 6.45) is 5.14. The number of amides is 2. The second-order valence-electron chi connectivity index (χ2n) is 5.65. The van der Waals surface area contributed by atoms with Crippen molar-refractivity contribution >= 4 is 23.2 Å². The van der Waals surface area contributed by atoms with Crippen molar-refractivity contribution < 1.29 is 9.59 Å². The Balaban J connectivity index is 1.55. The first-order valence-electron chi connectivity index (χ1n) is 7.73. The van der Waals surface area contributed by atoms with Gasteiger partial charge in [0.05, 0.1) is 10.8 Å². The SMILES string of the molecule is O=C(NCc1cccnc1)[C@H]1CCCN(C(=O)c2cccs2)C1. The number of piperidine rings is 1. The van der Waals surface area contributed by atoms with Crippen LogP contribution in [-0.4, -0.2) is 34.8 Å². The van der Waals surface area contributed by atoms with E-state index >= 15 is 0 Å². The highest BCUT2D eigenvalue weighted by Crippen LogP contribution is 2.20. The summed E-state index contributed by atoms with van der Waals surface area (Å²) in [6, 6.07) is 7.49. The number of nitrogens with zero attached hydrogens (tertiary/aromatic N) is 2. The van der Waals surface area contributed by atoms with Gasteiger partial charge in [-0.25, -0.2) is 0 Å². The molecule has 2 aromatic heterocycles. The molecular formula is C17H19N3O2S. The third kappa shape index (κ3) is 3.96. The van der Waals surface area contributed by atoms with Gasteiger partial charge in [0, 0.05) is 32.0 Å². The summed E-state index contributed by atoms with van der Waals surface area (Å²) >= 11 is 1.44. The summed E-state index contributed by atoms with van der Waals surface area (Å²) in [5, 5.41) is 4.85. The Morgan fingerprint density at radius 3 is 3.00 bits per heavy atom. The van der Waals surface area contributed by atoms with Crippen LogP contribution in [0, 0.1) is 5.92 Å². The maximum absolute atomic E-state index is 12.4. The Bertz CT molecular complexity index is 658. The number of rotatable bonds is 4. The zero-order valence-electron chi connectivity index (χ0n) is 12.8. The molecule has 0 aromatic carbocycles. The number of nitrogens with one attached hydrogen (secondary N) is 1. The highest BCUT2D eigenvalue weighted by atomic mass is 32.1. The van der Waals surface area contributed by atoms with E-state index in [1.807, 2.05) is 29.6 Å². The zero-order chi connectivity index (χ0) is 16.1.